The average molecular weight is 316 g/mol. The predicted molar refractivity (Wildman–Crippen MR) is 79.0 cm³/mol. The van der Waals surface area contributed by atoms with Gasteiger partial charge in [-0.25, -0.2) is 0 Å². The van der Waals surface area contributed by atoms with Gasteiger partial charge in [0.15, 0.2) is 13.6 Å². The molecule has 7 heteroatoms. The molecular weight excluding hydrogens is 292 g/mol. The topological polar surface area (TPSA) is 75.6 Å². The third kappa shape index (κ3) is 8.16. The summed E-state index contributed by atoms with van der Waals surface area (Å²) in [6, 6.07) is 5.15. The molecule has 0 spiro atoms. The SMILES string of the molecule is COCCOCOc1cc(CO)cc(OCOCCOC)c1. The van der Waals surface area contributed by atoms with Crippen molar-refractivity contribution in [1.82, 2.24) is 0 Å². The van der Waals surface area contributed by atoms with Gasteiger partial charge in [-0.3, -0.25) is 0 Å². The molecule has 0 aliphatic carbocycles. The monoisotopic (exact) mass is 316 g/mol. The van der Waals surface area contributed by atoms with Crippen LogP contribution in [0.25, 0.3) is 0 Å². The van der Waals surface area contributed by atoms with Crippen molar-refractivity contribution >= 4 is 0 Å². The summed E-state index contributed by atoms with van der Waals surface area (Å²) in [7, 11) is 3.21. The molecule has 1 rings (SSSR count). The summed E-state index contributed by atoms with van der Waals surface area (Å²) in [5.41, 5.74) is 0.682. The smallest absolute Gasteiger partial charge is 0.189 e. The first kappa shape index (κ1) is 18.7. The normalized spacial score (nSPS) is 10.7. The third-order valence-electron chi connectivity index (χ3n) is 2.60. The molecule has 126 valence electrons. The number of methoxy groups -OCH3 is 2. The van der Waals surface area contributed by atoms with E-state index in [0.29, 0.717) is 43.5 Å². The number of hydrogen-bond acceptors (Lipinski definition) is 7. The Morgan fingerprint density at radius 2 is 1.27 bits per heavy atom. The highest BCUT2D eigenvalue weighted by atomic mass is 16.7. The molecule has 0 aromatic heterocycles. The van der Waals surface area contributed by atoms with Crippen LogP contribution in [0.2, 0.25) is 0 Å². The molecule has 1 N–H and O–H groups in total. The number of ether oxygens (including phenoxy) is 6. The molecule has 22 heavy (non-hydrogen) atoms. The molecule has 7 nitrogen and oxygen atoms in total. The molecule has 1 aromatic rings. The van der Waals surface area contributed by atoms with E-state index < -0.39 is 0 Å². The van der Waals surface area contributed by atoms with E-state index in [0.717, 1.165) is 0 Å². The van der Waals surface area contributed by atoms with Gasteiger partial charge in [0.2, 0.25) is 0 Å². The van der Waals surface area contributed by atoms with Crippen molar-refractivity contribution in [2.45, 2.75) is 6.61 Å². The van der Waals surface area contributed by atoms with Crippen LogP contribution in [0.1, 0.15) is 5.56 Å². The maximum Gasteiger partial charge on any atom is 0.189 e. The maximum atomic E-state index is 9.26. The van der Waals surface area contributed by atoms with Crippen molar-refractivity contribution in [3.05, 3.63) is 23.8 Å². The Morgan fingerprint density at radius 3 is 1.68 bits per heavy atom. The number of rotatable bonds is 13. The average Bonchev–Trinajstić information content (AvgIpc) is 2.54. The van der Waals surface area contributed by atoms with Crippen LogP contribution >= 0.6 is 0 Å². The van der Waals surface area contributed by atoms with Crippen LogP contribution in [-0.2, 0) is 25.6 Å². The molecule has 0 heterocycles. The molecule has 0 radical (unpaired) electrons. The molecule has 0 bridgehead atoms. The fourth-order valence-corrected chi connectivity index (χ4v) is 1.51. The first-order chi connectivity index (χ1) is 10.8. The third-order valence-corrected chi connectivity index (χ3v) is 2.60. The van der Waals surface area contributed by atoms with Crippen molar-refractivity contribution in [2.24, 2.45) is 0 Å². The molecule has 1 aromatic carbocycles. The first-order valence-electron chi connectivity index (χ1n) is 6.94. The Kier molecular flexibility index (Phi) is 10.3. The zero-order valence-electron chi connectivity index (χ0n) is 13.1. The van der Waals surface area contributed by atoms with E-state index in [1.165, 1.54) is 0 Å². The molecular formula is C15H24O7. The van der Waals surface area contributed by atoms with Crippen LogP contribution in [0.5, 0.6) is 11.5 Å². The molecule has 0 saturated carbocycles. The summed E-state index contributed by atoms with van der Waals surface area (Å²) in [5.74, 6) is 1.10. The van der Waals surface area contributed by atoms with Gasteiger partial charge in [-0.15, -0.1) is 0 Å². The van der Waals surface area contributed by atoms with E-state index in [9.17, 15) is 5.11 Å². The summed E-state index contributed by atoms with van der Waals surface area (Å²) in [5, 5.41) is 9.26. The Bertz CT molecular complexity index is 365. The summed E-state index contributed by atoms with van der Waals surface area (Å²) in [6.07, 6.45) is 0. The van der Waals surface area contributed by atoms with Gasteiger partial charge in [-0.2, -0.15) is 0 Å². The highest BCUT2D eigenvalue weighted by Crippen LogP contribution is 2.23. The van der Waals surface area contributed by atoms with Crippen LogP contribution in [-0.4, -0.2) is 59.3 Å². The summed E-state index contributed by atoms with van der Waals surface area (Å²) in [4.78, 5) is 0. The van der Waals surface area contributed by atoms with E-state index in [2.05, 4.69) is 0 Å². The number of aliphatic hydroxyl groups excluding tert-OH is 1. The van der Waals surface area contributed by atoms with E-state index in [1.807, 2.05) is 0 Å². The van der Waals surface area contributed by atoms with E-state index in [4.69, 9.17) is 28.4 Å². The van der Waals surface area contributed by atoms with E-state index in [-0.39, 0.29) is 20.2 Å². The number of hydrogen-bond donors (Lipinski definition) is 1. The van der Waals surface area contributed by atoms with Gasteiger partial charge < -0.3 is 33.5 Å². The second kappa shape index (κ2) is 12.2. The van der Waals surface area contributed by atoms with E-state index in [1.54, 1.807) is 32.4 Å². The van der Waals surface area contributed by atoms with Crippen LogP contribution in [0.15, 0.2) is 18.2 Å². The largest absolute Gasteiger partial charge is 0.467 e. The van der Waals surface area contributed by atoms with Crippen molar-refractivity contribution in [2.75, 3.05) is 54.2 Å². The van der Waals surface area contributed by atoms with Crippen molar-refractivity contribution in [3.63, 3.8) is 0 Å². The van der Waals surface area contributed by atoms with Crippen LogP contribution in [0, 0.1) is 0 Å². The van der Waals surface area contributed by atoms with Gasteiger partial charge >= 0.3 is 0 Å². The standard InChI is InChI=1S/C15H24O7/c1-17-3-5-19-11-21-14-7-13(10-16)8-15(9-14)22-12-20-6-4-18-2/h7-9,16H,3-6,10-12H2,1-2H3. The zero-order valence-corrected chi connectivity index (χ0v) is 13.1. The second-order valence-electron chi connectivity index (χ2n) is 4.30. The second-order valence-corrected chi connectivity index (χ2v) is 4.30. The lowest BCUT2D eigenvalue weighted by atomic mass is 10.2. The van der Waals surface area contributed by atoms with Crippen molar-refractivity contribution in [3.8, 4) is 11.5 Å². The van der Waals surface area contributed by atoms with Gasteiger partial charge in [0.05, 0.1) is 33.0 Å². The minimum absolute atomic E-state index is 0.0992. The zero-order chi connectivity index (χ0) is 16.0. The fourth-order valence-electron chi connectivity index (χ4n) is 1.51. The summed E-state index contributed by atoms with van der Waals surface area (Å²) >= 11 is 0. The van der Waals surface area contributed by atoms with Crippen LogP contribution in [0.3, 0.4) is 0 Å². The fraction of sp³-hybridized carbons (Fsp3) is 0.600. The Morgan fingerprint density at radius 1 is 0.773 bits per heavy atom. The quantitative estimate of drug-likeness (QED) is 0.432. The molecule has 0 amide bonds. The summed E-state index contributed by atoms with van der Waals surface area (Å²) < 4.78 is 31.1. The van der Waals surface area contributed by atoms with Crippen molar-refractivity contribution in [1.29, 1.82) is 0 Å². The Balaban J connectivity index is 2.42. The molecule has 0 unspecified atom stereocenters. The van der Waals surface area contributed by atoms with Gasteiger partial charge in [0.1, 0.15) is 11.5 Å². The van der Waals surface area contributed by atoms with Crippen molar-refractivity contribution < 1.29 is 33.5 Å². The molecule has 0 aliphatic rings. The van der Waals surface area contributed by atoms with Gasteiger partial charge in [0.25, 0.3) is 0 Å². The minimum Gasteiger partial charge on any atom is -0.467 e. The van der Waals surface area contributed by atoms with Gasteiger partial charge in [-0.05, 0) is 17.7 Å². The number of aliphatic hydroxyl groups is 1. The Labute approximate surface area is 130 Å². The molecule has 0 saturated heterocycles. The molecule has 0 aliphatic heterocycles. The lowest BCUT2D eigenvalue weighted by Crippen LogP contribution is -2.09. The summed E-state index contributed by atoms with van der Waals surface area (Å²) in [6.45, 7) is 2.01. The van der Waals surface area contributed by atoms with Crippen LogP contribution in [0.4, 0.5) is 0 Å². The highest BCUT2D eigenvalue weighted by molar-refractivity contribution is 5.38. The lowest BCUT2D eigenvalue weighted by Gasteiger charge is -2.12. The van der Waals surface area contributed by atoms with Gasteiger partial charge in [0, 0.05) is 20.3 Å². The van der Waals surface area contributed by atoms with E-state index >= 15 is 0 Å². The molecule has 0 fully saturated rings. The lowest BCUT2D eigenvalue weighted by molar-refractivity contribution is -0.0117. The Hall–Kier alpha value is -1.38. The number of benzene rings is 1. The van der Waals surface area contributed by atoms with Crippen LogP contribution < -0.4 is 9.47 Å². The highest BCUT2D eigenvalue weighted by Gasteiger charge is 2.03. The van der Waals surface area contributed by atoms with Gasteiger partial charge in [-0.1, -0.05) is 0 Å². The molecule has 0 atom stereocenters. The minimum atomic E-state index is -0.109. The maximum absolute atomic E-state index is 9.26. The first-order valence-corrected chi connectivity index (χ1v) is 6.94. The predicted octanol–water partition coefficient (Wildman–Crippen LogP) is 1.18.